The normalized spacial score (nSPS) is 10.6. The predicted octanol–water partition coefficient (Wildman–Crippen LogP) is 3.64. The van der Waals surface area contributed by atoms with E-state index >= 15 is 0 Å². The quantitative estimate of drug-likeness (QED) is 0.601. The molecule has 20 heavy (non-hydrogen) atoms. The molecule has 2 aromatic rings. The van der Waals surface area contributed by atoms with Gasteiger partial charge in [-0.2, -0.15) is 0 Å². The second-order valence-corrected chi connectivity index (χ2v) is 5.44. The molecule has 1 aromatic heterocycles. The van der Waals surface area contributed by atoms with E-state index in [0.717, 1.165) is 40.2 Å². The van der Waals surface area contributed by atoms with Gasteiger partial charge >= 0.3 is 0 Å². The lowest BCUT2D eigenvalue weighted by molar-refractivity contribution is 0.416. The standard InChI is InChI=1S/C15H19N3OS/c1-5-18-14(12-8-6-7-9-13(12)19-4)16-17-15(18)20-10-11(2)3/h6-9H,2,5,10H2,1,3-4H3. The van der Waals surface area contributed by atoms with E-state index < -0.39 is 0 Å². The molecule has 4 nitrogen and oxygen atoms in total. The van der Waals surface area contributed by atoms with Crippen LogP contribution in [0.1, 0.15) is 13.8 Å². The highest BCUT2D eigenvalue weighted by molar-refractivity contribution is 7.99. The number of benzene rings is 1. The van der Waals surface area contributed by atoms with Crippen LogP contribution in [0.5, 0.6) is 5.75 Å². The van der Waals surface area contributed by atoms with E-state index in [-0.39, 0.29) is 0 Å². The first-order valence-corrected chi connectivity index (χ1v) is 7.49. The van der Waals surface area contributed by atoms with Crippen molar-refractivity contribution in [3.05, 3.63) is 36.4 Å². The Balaban J connectivity index is 2.39. The molecule has 2 rings (SSSR count). The minimum absolute atomic E-state index is 0.811. The maximum atomic E-state index is 5.40. The number of ether oxygens (including phenoxy) is 1. The summed E-state index contributed by atoms with van der Waals surface area (Å²) in [7, 11) is 1.67. The van der Waals surface area contributed by atoms with E-state index in [9.17, 15) is 0 Å². The molecule has 0 atom stereocenters. The Morgan fingerprint density at radius 2 is 2.10 bits per heavy atom. The van der Waals surface area contributed by atoms with Crippen LogP contribution in [0, 0.1) is 0 Å². The van der Waals surface area contributed by atoms with Crippen molar-refractivity contribution in [3.63, 3.8) is 0 Å². The Morgan fingerprint density at radius 3 is 2.75 bits per heavy atom. The van der Waals surface area contributed by atoms with E-state index in [0.29, 0.717) is 0 Å². The van der Waals surface area contributed by atoms with Crippen LogP contribution in [-0.4, -0.2) is 27.6 Å². The van der Waals surface area contributed by atoms with Gasteiger partial charge in [-0.15, -0.1) is 10.2 Å². The van der Waals surface area contributed by atoms with Gasteiger partial charge in [0.15, 0.2) is 11.0 Å². The van der Waals surface area contributed by atoms with Crippen molar-refractivity contribution in [2.24, 2.45) is 0 Å². The topological polar surface area (TPSA) is 39.9 Å². The highest BCUT2D eigenvalue weighted by atomic mass is 32.2. The number of hydrogen-bond donors (Lipinski definition) is 0. The van der Waals surface area contributed by atoms with E-state index in [1.807, 2.05) is 31.2 Å². The molecular formula is C15H19N3OS. The Hall–Kier alpha value is -1.75. The molecule has 0 amide bonds. The Morgan fingerprint density at radius 1 is 1.35 bits per heavy atom. The number of para-hydroxylation sites is 1. The van der Waals surface area contributed by atoms with Crippen LogP contribution < -0.4 is 4.74 Å². The Bertz CT molecular complexity index is 607. The van der Waals surface area contributed by atoms with Crippen molar-refractivity contribution in [3.8, 4) is 17.1 Å². The van der Waals surface area contributed by atoms with Gasteiger partial charge in [0.05, 0.1) is 12.7 Å². The third-order valence-electron chi connectivity index (χ3n) is 2.83. The van der Waals surface area contributed by atoms with Crippen LogP contribution in [0.2, 0.25) is 0 Å². The summed E-state index contributed by atoms with van der Waals surface area (Å²) in [4.78, 5) is 0. The summed E-state index contributed by atoms with van der Waals surface area (Å²) in [5.74, 6) is 2.50. The molecule has 5 heteroatoms. The molecule has 0 fully saturated rings. The first-order chi connectivity index (χ1) is 9.67. The zero-order valence-corrected chi connectivity index (χ0v) is 12.9. The molecule has 0 aliphatic carbocycles. The van der Waals surface area contributed by atoms with Crippen molar-refractivity contribution < 1.29 is 4.74 Å². The smallest absolute Gasteiger partial charge is 0.191 e. The number of rotatable bonds is 6. The number of aromatic nitrogens is 3. The summed E-state index contributed by atoms with van der Waals surface area (Å²) in [6, 6.07) is 7.87. The molecule has 0 aliphatic rings. The second kappa shape index (κ2) is 6.61. The van der Waals surface area contributed by atoms with E-state index in [1.54, 1.807) is 18.9 Å². The highest BCUT2D eigenvalue weighted by Crippen LogP contribution is 2.30. The molecule has 0 saturated heterocycles. The van der Waals surface area contributed by atoms with Gasteiger partial charge in [-0.05, 0) is 26.0 Å². The van der Waals surface area contributed by atoms with Crippen LogP contribution in [0.3, 0.4) is 0 Å². The fourth-order valence-electron chi connectivity index (χ4n) is 1.90. The minimum atomic E-state index is 0.811. The van der Waals surface area contributed by atoms with Crippen LogP contribution in [0.4, 0.5) is 0 Å². The highest BCUT2D eigenvalue weighted by Gasteiger charge is 2.16. The first-order valence-electron chi connectivity index (χ1n) is 6.51. The molecule has 1 heterocycles. The molecule has 0 radical (unpaired) electrons. The molecule has 106 valence electrons. The monoisotopic (exact) mass is 289 g/mol. The largest absolute Gasteiger partial charge is 0.496 e. The SMILES string of the molecule is C=C(C)CSc1nnc(-c2ccccc2OC)n1CC. The molecular weight excluding hydrogens is 270 g/mol. The van der Waals surface area contributed by atoms with Crippen molar-refractivity contribution in [1.82, 2.24) is 14.8 Å². The summed E-state index contributed by atoms with van der Waals surface area (Å²) in [6.07, 6.45) is 0. The fraction of sp³-hybridized carbons (Fsp3) is 0.333. The third kappa shape index (κ3) is 3.04. The maximum Gasteiger partial charge on any atom is 0.191 e. The van der Waals surface area contributed by atoms with Crippen LogP contribution in [-0.2, 0) is 6.54 Å². The first kappa shape index (κ1) is 14.7. The summed E-state index contributed by atoms with van der Waals surface area (Å²) < 4.78 is 7.51. The maximum absolute atomic E-state index is 5.40. The Labute approximate surface area is 123 Å². The van der Waals surface area contributed by atoms with Crippen LogP contribution in [0.25, 0.3) is 11.4 Å². The number of hydrogen-bond acceptors (Lipinski definition) is 4. The summed E-state index contributed by atoms with van der Waals surface area (Å²) in [5.41, 5.74) is 2.09. The molecule has 0 spiro atoms. The van der Waals surface area contributed by atoms with Gasteiger partial charge in [0.1, 0.15) is 5.75 Å². The van der Waals surface area contributed by atoms with Crippen molar-refractivity contribution in [2.45, 2.75) is 25.5 Å². The van der Waals surface area contributed by atoms with Crippen molar-refractivity contribution >= 4 is 11.8 Å². The van der Waals surface area contributed by atoms with Crippen LogP contribution in [0.15, 0.2) is 41.6 Å². The average molecular weight is 289 g/mol. The molecule has 0 bridgehead atoms. The Kier molecular flexibility index (Phi) is 4.84. The second-order valence-electron chi connectivity index (χ2n) is 4.50. The lowest BCUT2D eigenvalue weighted by Gasteiger charge is -2.10. The summed E-state index contributed by atoms with van der Waals surface area (Å²) in [6.45, 7) is 8.84. The van der Waals surface area contributed by atoms with Crippen LogP contribution >= 0.6 is 11.8 Å². The van der Waals surface area contributed by atoms with Crippen molar-refractivity contribution in [2.75, 3.05) is 12.9 Å². The average Bonchev–Trinajstić information content (AvgIpc) is 2.87. The fourth-order valence-corrected chi connectivity index (χ4v) is 2.74. The van der Waals surface area contributed by atoms with Crippen molar-refractivity contribution in [1.29, 1.82) is 0 Å². The molecule has 1 aromatic carbocycles. The van der Waals surface area contributed by atoms with E-state index in [2.05, 4.69) is 28.3 Å². The molecule has 0 unspecified atom stereocenters. The summed E-state index contributed by atoms with van der Waals surface area (Å²) >= 11 is 1.66. The zero-order chi connectivity index (χ0) is 14.5. The number of methoxy groups -OCH3 is 1. The number of nitrogens with zero attached hydrogens (tertiary/aromatic N) is 3. The van der Waals surface area contributed by atoms with E-state index in [4.69, 9.17) is 4.74 Å². The summed E-state index contributed by atoms with van der Waals surface area (Å²) in [5, 5.41) is 9.53. The minimum Gasteiger partial charge on any atom is -0.496 e. The van der Waals surface area contributed by atoms with Gasteiger partial charge in [0, 0.05) is 12.3 Å². The molecule has 0 N–H and O–H groups in total. The zero-order valence-electron chi connectivity index (χ0n) is 12.1. The molecule has 0 saturated carbocycles. The lowest BCUT2D eigenvalue weighted by Crippen LogP contribution is -2.01. The lowest BCUT2D eigenvalue weighted by atomic mass is 10.2. The number of thioether (sulfide) groups is 1. The third-order valence-corrected chi connectivity index (χ3v) is 4.03. The van der Waals surface area contributed by atoms with Gasteiger partial charge in [0.25, 0.3) is 0 Å². The van der Waals surface area contributed by atoms with Gasteiger partial charge < -0.3 is 9.30 Å². The predicted molar refractivity (Wildman–Crippen MR) is 83.2 cm³/mol. The molecule has 0 aliphatic heterocycles. The van der Waals surface area contributed by atoms with Gasteiger partial charge in [-0.1, -0.05) is 36.0 Å². The van der Waals surface area contributed by atoms with E-state index in [1.165, 1.54) is 0 Å². The van der Waals surface area contributed by atoms with Gasteiger partial charge in [0.2, 0.25) is 0 Å². The van der Waals surface area contributed by atoms with Gasteiger partial charge in [-0.25, -0.2) is 0 Å². The van der Waals surface area contributed by atoms with Gasteiger partial charge in [-0.3, -0.25) is 0 Å².